The summed E-state index contributed by atoms with van der Waals surface area (Å²) < 4.78 is 14.9. The smallest absolute Gasteiger partial charge is 0.324 e. The zero-order chi connectivity index (χ0) is 26.1. The molecule has 11 heteroatoms. The van der Waals surface area contributed by atoms with Gasteiger partial charge in [-0.25, -0.2) is 19.3 Å². The number of H-pyrrole nitrogens is 2. The summed E-state index contributed by atoms with van der Waals surface area (Å²) in [6, 6.07) is 16.5. The van der Waals surface area contributed by atoms with Crippen molar-refractivity contribution in [1.82, 2.24) is 25.1 Å². The number of carboxylic acids is 1. The van der Waals surface area contributed by atoms with Crippen LogP contribution in [0.1, 0.15) is 11.3 Å². The highest BCUT2D eigenvalue weighted by Crippen LogP contribution is 2.28. The molecule has 0 fully saturated rings. The molecule has 0 aliphatic rings. The molecule has 0 aliphatic carbocycles. The van der Waals surface area contributed by atoms with Crippen LogP contribution in [0.2, 0.25) is 0 Å². The number of carbonyl (C=O) groups is 2. The number of likely N-dealkylation sites (N-methyl/N-ethyl adjacent to an activating group) is 1. The monoisotopic (exact) mass is 500 g/mol. The summed E-state index contributed by atoms with van der Waals surface area (Å²) in [6.07, 6.45) is 0.384. The first-order valence-corrected chi connectivity index (χ1v) is 11.3. The van der Waals surface area contributed by atoms with Crippen LogP contribution in [0.5, 0.6) is 0 Å². The van der Waals surface area contributed by atoms with E-state index in [1.165, 1.54) is 13.1 Å². The number of aromatic nitrogens is 4. The largest absolute Gasteiger partial charge is 0.480 e. The van der Waals surface area contributed by atoms with Gasteiger partial charge in [-0.05, 0) is 41.5 Å². The molecule has 0 spiro atoms. The minimum atomic E-state index is -1.14. The summed E-state index contributed by atoms with van der Waals surface area (Å²) in [6.45, 7) is -0.462. The van der Waals surface area contributed by atoms with Crippen LogP contribution in [0.4, 0.5) is 15.1 Å². The van der Waals surface area contributed by atoms with Gasteiger partial charge in [0.1, 0.15) is 12.4 Å². The van der Waals surface area contributed by atoms with E-state index in [4.69, 9.17) is 5.11 Å². The van der Waals surface area contributed by atoms with Gasteiger partial charge in [0.15, 0.2) is 0 Å². The Kier molecular flexibility index (Phi) is 6.10. The number of amides is 2. The first-order valence-electron chi connectivity index (χ1n) is 11.3. The van der Waals surface area contributed by atoms with E-state index in [-0.39, 0.29) is 11.5 Å². The number of urea groups is 1. The topological polar surface area (TPSA) is 144 Å². The van der Waals surface area contributed by atoms with Crippen LogP contribution in [0.15, 0.2) is 65.5 Å². The van der Waals surface area contributed by atoms with Crippen molar-refractivity contribution in [2.24, 2.45) is 0 Å². The summed E-state index contributed by atoms with van der Waals surface area (Å²) in [5, 5.41) is 19.4. The Labute approximate surface area is 208 Å². The number of hydrogen-bond acceptors (Lipinski definition) is 5. The molecule has 0 bridgehead atoms. The summed E-state index contributed by atoms with van der Waals surface area (Å²) >= 11 is 0. The van der Waals surface area contributed by atoms with E-state index >= 15 is 0 Å². The van der Waals surface area contributed by atoms with Gasteiger partial charge in [-0.15, -0.1) is 0 Å². The van der Waals surface area contributed by atoms with Gasteiger partial charge in [0, 0.05) is 24.4 Å². The molecule has 5 aromatic rings. The van der Waals surface area contributed by atoms with Crippen molar-refractivity contribution in [3.05, 3.63) is 88.1 Å². The first-order chi connectivity index (χ1) is 17.8. The lowest BCUT2D eigenvalue weighted by atomic mass is 9.98. The number of nitrogens with zero attached hydrogens (tertiary/aromatic N) is 3. The van der Waals surface area contributed by atoms with E-state index in [1.807, 2.05) is 12.1 Å². The fourth-order valence-electron chi connectivity index (χ4n) is 4.11. The number of aromatic amines is 2. The number of fused-ring (bicyclic) bond motifs is 2. The highest BCUT2D eigenvalue weighted by atomic mass is 19.1. The Bertz CT molecular complexity index is 1730. The van der Waals surface area contributed by atoms with E-state index in [9.17, 15) is 18.8 Å². The lowest BCUT2D eigenvalue weighted by Crippen LogP contribution is -2.35. The van der Waals surface area contributed by atoms with Gasteiger partial charge < -0.3 is 15.0 Å². The molecular weight excluding hydrogens is 479 g/mol. The standard InChI is InChI=1S/C26H21FN6O4/c1-33(13-23(34)35)26(37)30-25-28-20-9-7-15(12-22(20)29-25)18-10-14(6-8-19(18)27)11-21-16-4-2-3-5-17(16)24(36)32-31-21/h2-10,12H,11,13H2,1H3,(H,32,36)(H,34,35)(H2,28,29,30,37). The minimum Gasteiger partial charge on any atom is -0.480 e. The number of benzene rings is 3. The van der Waals surface area contributed by atoms with Crippen molar-refractivity contribution in [1.29, 1.82) is 0 Å². The van der Waals surface area contributed by atoms with Crippen molar-refractivity contribution in [3.8, 4) is 11.1 Å². The van der Waals surface area contributed by atoms with E-state index in [1.54, 1.807) is 42.5 Å². The minimum absolute atomic E-state index is 0.139. The SMILES string of the molecule is CN(CC(=O)O)C(=O)Nc1nc2cc(-c3cc(Cc4n[nH]c(=O)c5ccccc45)ccc3F)ccc2[nH]1. The summed E-state index contributed by atoms with van der Waals surface area (Å²) in [5.74, 6) is -1.41. The van der Waals surface area contributed by atoms with Gasteiger partial charge in [-0.1, -0.05) is 30.3 Å². The molecule has 37 heavy (non-hydrogen) atoms. The number of nitrogens with one attached hydrogen (secondary N) is 3. The predicted molar refractivity (Wildman–Crippen MR) is 136 cm³/mol. The van der Waals surface area contributed by atoms with Crippen molar-refractivity contribution in [2.45, 2.75) is 6.42 Å². The average molecular weight is 500 g/mol. The molecule has 0 saturated carbocycles. The van der Waals surface area contributed by atoms with Gasteiger partial charge in [0.25, 0.3) is 5.56 Å². The van der Waals surface area contributed by atoms with Crippen LogP contribution in [-0.4, -0.2) is 55.8 Å². The van der Waals surface area contributed by atoms with Crippen molar-refractivity contribution < 1.29 is 19.1 Å². The molecule has 2 amide bonds. The second-order valence-corrected chi connectivity index (χ2v) is 8.53. The Morgan fingerprint density at radius 3 is 2.65 bits per heavy atom. The third-order valence-corrected chi connectivity index (χ3v) is 5.92. The zero-order valence-electron chi connectivity index (χ0n) is 19.6. The zero-order valence-corrected chi connectivity index (χ0v) is 19.6. The molecular formula is C26H21FN6O4. The van der Waals surface area contributed by atoms with Gasteiger partial charge in [0.2, 0.25) is 5.95 Å². The van der Waals surface area contributed by atoms with Crippen LogP contribution in [-0.2, 0) is 11.2 Å². The molecule has 0 saturated heterocycles. The summed E-state index contributed by atoms with van der Waals surface area (Å²) in [4.78, 5) is 43.3. The molecule has 2 aromatic heterocycles. The van der Waals surface area contributed by atoms with Crippen LogP contribution in [0, 0.1) is 5.82 Å². The molecule has 2 heterocycles. The number of carbonyl (C=O) groups excluding carboxylic acids is 1. The fourth-order valence-corrected chi connectivity index (χ4v) is 4.11. The number of aliphatic carboxylic acids is 1. The maximum Gasteiger partial charge on any atom is 0.324 e. The van der Waals surface area contributed by atoms with Gasteiger partial charge in [-0.3, -0.25) is 14.9 Å². The predicted octanol–water partition coefficient (Wildman–Crippen LogP) is 3.74. The molecule has 186 valence electrons. The average Bonchev–Trinajstić information content (AvgIpc) is 3.28. The normalized spacial score (nSPS) is 11.1. The van der Waals surface area contributed by atoms with E-state index in [0.29, 0.717) is 39.7 Å². The molecule has 10 nitrogen and oxygen atoms in total. The number of halogens is 1. The number of anilines is 1. The molecule has 0 radical (unpaired) electrons. The lowest BCUT2D eigenvalue weighted by Gasteiger charge is -2.13. The molecule has 5 rings (SSSR count). The molecule has 0 aliphatic heterocycles. The number of hydrogen-bond donors (Lipinski definition) is 4. The van der Waals surface area contributed by atoms with E-state index in [0.717, 1.165) is 15.8 Å². The highest BCUT2D eigenvalue weighted by molar-refractivity contribution is 5.92. The lowest BCUT2D eigenvalue weighted by molar-refractivity contribution is -0.137. The van der Waals surface area contributed by atoms with Gasteiger partial charge in [0.05, 0.1) is 22.1 Å². The molecule has 3 aromatic carbocycles. The Morgan fingerprint density at radius 1 is 1.08 bits per heavy atom. The van der Waals surface area contributed by atoms with E-state index < -0.39 is 24.4 Å². The quantitative estimate of drug-likeness (QED) is 0.280. The maximum atomic E-state index is 14.9. The molecule has 0 atom stereocenters. The number of rotatable bonds is 6. The highest BCUT2D eigenvalue weighted by Gasteiger charge is 2.15. The van der Waals surface area contributed by atoms with Crippen LogP contribution in [0.3, 0.4) is 0 Å². The molecule has 0 unspecified atom stereocenters. The molecule has 4 N–H and O–H groups in total. The van der Waals surface area contributed by atoms with Crippen LogP contribution in [0.25, 0.3) is 32.9 Å². The second-order valence-electron chi connectivity index (χ2n) is 8.53. The van der Waals surface area contributed by atoms with Gasteiger partial charge in [-0.2, -0.15) is 5.10 Å². The summed E-state index contributed by atoms with van der Waals surface area (Å²) in [7, 11) is 1.35. The Balaban J connectivity index is 1.43. The van der Waals surface area contributed by atoms with E-state index in [2.05, 4.69) is 25.5 Å². The first kappa shape index (κ1) is 23.7. The van der Waals surface area contributed by atoms with Crippen molar-refractivity contribution >= 4 is 39.8 Å². The maximum absolute atomic E-state index is 14.9. The fraction of sp³-hybridized carbons (Fsp3) is 0.115. The Morgan fingerprint density at radius 2 is 1.86 bits per heavy atom. The third kappa shape index (κ3) is 4.87. The van der Waals surface area contributed by atoms with Crippen molar-refractivity contribution in [2.75, 3.05) is 18.9 Å². The Hall–Kier alpha value is -5.06. The van der Waals surface area contributed by atoms with Crippen molar-refractivity contribution in [3.63, 3.8) is 0 Å². The number of carboxylic acid groups (broad SMARTS) is 1. The third-order valence-electron chi connectivity index (χ3n) is 5.92. The van der Waals surface area contributed by atoms with Gasteiger partial charge >= 0.3 is 12.0 Å². The second kappa shape index (κ2) is 9.53. The summed E-state index contributed by atoms with van der Waals surface area (Å²) in [5.41, 5.74) is 3.26. The van der Waals surface area contributed by atoms with Crippen LogP contribution < -0.4 is 10.9 Å². The van der Waals surface area contributed by atoms with Crippen LogP contribution >= 0.6 is 0 Å². The number of imidazole rings is 1.